The van der Waals surface area contributed by atoms with Crippen LogP contribution in [0.3, 0.4) is 0 Å². The molecule has 0 bridgehead atoms. The van der Waals surface area contributed by atoms with Crippen molar-refractivity contribution in [1.29, 1.82) is 0 Å². The van der Waals surface area contributed by atoms with Gasteiger partial charge >= 0.3 is 0 Å². The Morgan fingerprint density at radius 1 is 1.00 bits per heavy atom. The van der Waals surface area contributed by atoms with Crippen molar-refractivity contribution >= 4 is 40.1 Å². The highest BCUT2D eigenvalue weighted by atomic mass is 35.5. The van der Waals surface area contributed by atoms with E-state index in [0.29, 0.717) is 21.4 Å². The van der Waals surface area contributed by atoms with Gasteiger partial charge in [0.25, 0.3) is 5.88 Å². The molecular formula is C14H16Cl2N4O. The zero-order valence-corrected chi connectivity index (χ0v) is 13.4. The lowest BCUT2D eigenvalue weighted by atomic mass is 10.3. The number of methoxy groups -OCH3 is 1. The van der Waals surface area contributed by atoms with Crippen LogP contribution in [0.4, 0.5) is 5.82 Å². The highest BCUT2D eigenvalue weighted by Crippen LogP contribution is 2.31. The van der Waals surface area contributed by atoms with Gasteiger partial charge in [0, 0.05) is 26.2 Å². The van der Waals surface area contributed by atoms with E-state index in [1.807, 2.05) is 0 Å². The van der Waals surface area contributed by atoms with Gasteiger partial charge in [-0.25, -0.2) is 9.97 Å². The van der Waals surface area contributed by atoms with Gasteiger partial charge in [-0.15, -0.1) is 0 Å². The molecule has 112 valence electrons. The monoisotopic (exact) mass is 326 g/mol. The minimum Gasteiger partial charge on any atom is -0.478 e. The van der Waals surface area contributed by atoms with Gasteiger partial charge in [-0.3, -0.25) is 0 Å². The maximum atomic E-state index is 6.07. The number of nitrogens with zero attached hydrogens (tertiary/aromatic N) is 4. The van der Waals surface area contributed by atoms with E-state index in [9.17, 15) is 0 Å². The lowest BCUT2D eigenvalue weighted by Crippen LogP contribution is -2.45. The van der Waals surface area contributed by atoms with Gasteiger partial charge in [-0.1, -0.05) is 23.2 Å². The Hall–Kier alpha value is -1.30. The fraction of sp³-hybridized carbons (Fsp3) is 0.429. The highest BCUT2D eigenvalue weighted by molar-refractivity contribution is 6.42. The standard InChI is InChI=1S/C14H16Cl2N4O/c1-19-3-5-20(6-4-19)13-14(21-2)18-12-8-10(16)9(15)7-11(12)17-13/h7-8H,3-6H2,1-2H3. The second kappa shape index (κ2) is 5.83. The van der Waals surface area contributed by atoms with Gasteiger partial charge < -0.3 is 14.5 Å². The number of hydrogen-bond acceptors (Lipinski definition) is 5. The van der Waals surface area contributed by atoms with Gasteiger partial charge in [0.15, 0.2) is 5.82 Å². The summed E-state index contributed by atoms with van der Waals surface area (Å²) in [4.78, 5) is 13.7. The molecule has 7 heteroatoms. The topological polar surface area (TPSA) is 41.5 Å². The zero-order chi connectivity index (χ0) is 15.0. The van der Waals surface area contributed by atoms with Crippen molar-refractivity contribution in [2.75, 3.05) is 45.2 Å². The third-order valence-corrected chi connectivity index (χ3v) is 4.38. The fourth-order valence-electron chi connectivity index (χ4n) is 2.39. The van der Waals surface area contributed by atoms with E-state index < -0.39 is 0 Å². The van der Waals surface area contributed by atoms with Crippen LogP contribution < -0.4 is 9.64 Å². The Labute approximate surface area is 133 Å². The zero-order valence-electron chi connectivity index (χ0n) is 11.9. The first-order valence-corrected chi connectivity index (χ1v) is 7.48. The molecule has 1 saturated heterocycles. The Bertz CT molecular complexity index is 672. The van der Waals surface area contributed by atoms with Crippen molar-refractivity contribution < 1.29 is 4.74 Å². The molecular weight excluding hydrogens is 311 g/mol. The molecule has 2 heterocycles. The molecule has 0 spiro atoms. The van der Waals surface area contributed by atoms with Gasteiger partial charge in [0.1, 0.15) is 0 Å². The summed E-state index contributed by atoms with van der Waals surface area (Å²) in [7, 11) is 3.72. The number of ether oxygens (including phenoxy) is 1. The fourth-order valence-corrected chi connectivity index (χ4v) is 2.70. The molecule has 1 fully saturated rings. The Morgan fingerprint density at radius 3 is 2.14 bits per heavy atom. The molecule has 1 aliphatic rings. The smallest absolute Gasteiger partial charge is 0.257 e. The number of piperazine rings is 1. The number of rotatable bonds is 2. The molecule has 0 atom stereocenters. The number of aromatic nitrogens is 2. The van der Waals surface area contributed by atoms with E-state index in [0.717, 1.165) is 37.5 Å². The summed E-state index contributed by atoms with van der Waals surface area (Å²) in [6, 6.07) is 3.45. The van der Waals surface area contributed by atoms with Crippen molar-refractivity contribution in [1.82, 2.24) is 14.9 Å². The summed E-state index contributed by atoms with van der Waals surface area (Å²) in [5.41, 5.74) is 1.40. The molecule has 1 aliphatic heterocycles. The van der Waals surface area contributed by atoms with E-state index in [2.05, 4.69) is 26.8 Å². The van der Waals surface area contributed by atoms with Crippen LogP contribution in [-0.4, -0.2) is 55.2 Å². The van der Waals surface area contributed by atoms with Crippen molar-refractivity contribution in [2.45, 2.75) is 0 Å². The number of hydrogen-bond donors (Lipinski definition) is 0. The van der Waals surface area contributed by atoms with Crippen molar-refractivity contribution in [3.05, 3.63) is 22.2 Å². The predicted molar refractivity (Wildman–Crippen MR) is 85.8 cm³/mol. The van der Waals surface area contributed by atoms with Crippen LogP contribution in [0.25, 0.3) is 11.0 Å². The van der Waals surface area contributed by atoms with Gasteiger partial charge in [-0.2, -0.15) is 0 Å². The van der Waals surface area contributed by atoms with E-state index >= 15 is 0 Å². The summed E-state index contributed by atoms with van der Waals surface area (Å²) in [6.45, 7) is 3.78. The Kier molecular flexibility index (Phi) is 4.06. The number of fused-ring (bicyclic) bond motifs is 1. The maximum Gasteiger partial charge on any atom is 0.257 e. The number of halogens is 2. The maximum absolute atomic E-state index is 6.07. The third kappa shape index (κ3) is 2.86. The van der Waals surface area contributed by atoms with Crippen LogP contribution in [0.15, 0.2) is 12.1 Å². The van der Waals surface area contributed by atoms with Crippen LogP contribution in [0.2, 0.25) is 10.0 Å². The molecule has 0 unspecified atom stereocenters. The first-order valence-electron chi connectivity index (χ1n) is 6.73. The molecule has 0 radical (unpaired) electrons. The molecule has 1 aromatic carbocycles. The molecule has 21 heavy (non-hydrogen) atoms. The molecule has 0 aliphatic carbocycles. The average molecular weight is 327 g/mol. The normalized spacial score (nSPS) is 16.5. The van der Waals surface area contributed by atoms with E-state index in [1.165, 1.54) is 0 Å². The van der Waals surface area contributed by atoms with Crippen LogP contribution in [0.5, 0.6) is 5.88 Å². The lowest BCUT2D eigenvalue weighted by Gasteiger charge is -2.33. The first-order chi connectivity index (χ1) is 10.1. The quantitative estimate of drug-likeness (QED) is 0.848. The first kappa shape index (κ1) is 14.6. The van der Waals surface area contributed by atoms with Gasteiger partial charge in [-0.05, 0) is 19.2 Å². The summed E-state index contributed by atoms with van der Waals surface area (Å²) >= 11 is 12.1. The summed E-state index contributed by atoms with van der Waals surface area (Å²) in [5.74, 6) is 1.28. The number of anilines is 1. The Morgan fingerprint density at radius 2 is 1.57 bits per heavy atom. The summed E-state index contributed by atoms with van der Waals surface area (Å²) < 4.78 is 5.40. The molecule has 2 aromatic rings. The van der Waals surface area contributed by atoms with E-state index in [-0.39, 0.29) is 0 Å². The predicted octanol–water partition coefficient (Wildman–Crippen LogP) is 2.70. The van der Waals surface area contributed by atoms with Crippen molar-refractivity contribution in [3.8, 4) is 5.88 Å². The minimum absolute atomic E-state index is 0.466. The average Bonchev–Trinajstić information content (AvgIpc) is 2.48. The molecule has 0 saturated carbocycles. The molecule has 1 aromatic heterocycles. The van der Waals surface area contributed by atoms with E-state index in [4.69, 9.17) is 27.9 Å². The second-order valence-corrected chi connectivity index (χ2v) is 5.92. The third-order valence-electron chi connectivity index (χ3n) is 3.65. The van der Waals surface area contributed by atoms with Crippen LogP contribution in [0, 0.1) is 0 Å². The highest BCUT2D eigenvalue weighted by Gasteiger charge is 2.21. The number of likely N-dealkylation sites (N-methyl/N-ethyl adjacent to an activating group) is 1. The van der Waals surface area contributed by atoms with Crippen molar-refractivity contribution in [2.24, 2.45) is 0 Å². The molecule has 5 nitrogen and oxygen atoms in total. The minimum atomic E-state index is 0.466. The van der Waals surface area contributed by atoms with Crippen LogP contribution in [0.1, 0.15) is 0 Å². The second-order valence-electron chi connectivity index (χ2n) is 5.10. The number of benzene rings is 1. The van der Waals surface area contributed by atoms with Crippen LogP contribution in [-0.2, 0) is 0 Å². The largest absolute Gasteiger partial charge is 0.478 e. The lowest BCUT2D eigenvalue weighted by molar-refractivity contribution is 0.309. The van der Waals surface area contributed by atoms with Crippen LogP contribution >= 0.6 is 23.2 Å². The summed E-state index contributed by atoms with van der Waals surface area (Å²) in [6.07, 6.45) is 0. The van der Waals surface area contributed by atoms with Gasteiger partial charge in [0.2, 0.25) is 0 Å². The van der Waals surface area contributed by atoms with Gasteiger partial charge in [0.05, 0.1) is 28.2 Å². The SMILES string of the molecule is COc1nc2cc(Cl)c(Cl)cc2nc1N1CCN(C)CC1. The molecule has 0 N–H and O–H groups in total. The van der Waals surface area contributed by atoms with Crippen molar-refractivity contribution in [3.63, 3.8) is 0 Å². The summed E-state index contributed by atoms with van der Waals surface area (Å²) in [5, 5.41) is 0.945. The molecule has 0 amide bonds. The van der Waals surface area contributed by atoms with E-state index in [1.54, 1.807) is 19.2 Å². The Balaban J connectivity index is 2.06. The molecule has 3 rings (SSSR count).